The van der Waals surface area contributed by atoms with Crippen LogP contribution in [0.2, 0.25) is 0 Å². The molecule has 0 atom stereocenters. The minimum atomic E-state index is -4.49. The Labute approximate surface area is 141 Å². The maximum Gasteiger partial charge on any atom is 0.496 e. The molecule has 23 heavy (non-hydrogen) atoms. The summed E-state index contributed by atoms with van der Waals surface area (Å²) in [6.45, 7) is 6.33. The van der Waals surface area contributed by atoms with E-state index < -0.39 is 7.82 Å². The van der Waals surface area contributed by atoms with E-state index in [0.29, 0.717) is 5.92 Å². The summed E-state index contributed by atoms with van der Waals surface area (Å²) in [7, 11) is -4.49. The van der Waals surface area contributed by atoms with Crippen LogP contribution in [-0.2, 0) is 18.9 Å². The van der Waals surface area contributed by atoms with Gasteiger partial charge in [0.25, 0.3) is 0 Å². The third kappa shape index (κ3) is 22.0. The standard InChI is InChI=1S/C16H35O6P/c1-16(2)15-20-13-11-9-7-5-3-4-6-8-10-12-14-21-22-23(17,18)19/h16H,3-15H2,1-2H3,(H2,17,18,19). The van der Waals surface area contributed by atoms with Crippen molar-refractivity contribution in [2.24, 2.45) is 5.92 Å². The topological polar surface area (TPSA) is 85.2 Å². The summed E-state index contributed by atoms with van der Waals surface area (Å²) >= 11 is 0. The van der Waals surface area contributed by atoms with E-state index in [0.717, 1.165) is 32.5 Å². The molecule has 0 aliphatic carbocycles. The number of hydrogen-bond donors (Lipinski definition) is 2. The molecule has 0 amide bonds. The molecule has 6 nitrogen and oxygen atoms in total. The van der Waals surface area contributed by atoms with E-state index in [9.17, 15) is 4.57 Å². The first-order valence-corrected chi connectivity index (χ1v) is 10.4. The molecular formula is C16H35O6P. The van der Waals surface area contributed by atoms with E-state index in [4.69, 9.17) is 14.5 Å². The fourth-order valence-electron chi connectivity index (χ4n) is 2.20. The number of hydrogen-bond acceptors (Lipinski definition) is 4. The monoisotopic (exact) mass is 354 g/mol. The molecule has 0 spiro atoms. The van der Waals surface area contributed by atoms with Gasteiger partial charge < -0.3 is 14.5 Å². The average molecular weight is 354 g/mol. The van der Waals surface area contributed by atoms with E-state index in [2.05, 4.69) is 23.4 Å². The summed E-state index contributed by atoms with van der Waals surface area (Å²) in [5, 5.41) is 0. The highest BCUT2D eigenvalue weighted by molar-refractivity contribution is 7.46. The molecule has 0 aromatic rings. The van der Waals surface area contributed by atoms with Gasteiger partial charge in [-0.25, -0.2) is 9.45 Å². The van der Waals surface area contributed by atoms with Crippen LogP contribution in [0.3, 0.4) is 0 Å². The smallest absolute Gasteiger partial charge is 0.381 e. The molecule has 0 heterocycles. The van der Waals surface area contributed by atoms with E-state index in [-0.39, 0.29) is 6.61 Å². The summed E-state index contributed by atoms with van der Waals surface area (Å²) in [6.07, 6.45) is 11.6. The second-order valence-electron chi connectivity index (χ2n) is 6.39. The molecule has 0 fully saturated rings. The molecule has 0 radical (unpaired) electrons. The first kappa shape index (κ1) is 23.0. The van der Waals surface area contributed by atoms with Crippen LogP contribution >= 0.6 is 7.82 Å². The van der Waals surface area contributed by atoms with Crippen molar-refractivity contribution < 1.29 is 28.7 Å². The molecule has 140 valence electrons. The summed E-state index contributed by atoms with van der Waals surface area (Å²) in [4.78, 5) is 21.2. The van der Waals surface area contributed by atoms with Crippen molar-refractivity contribution in [1.82, 2.24) is 0 Å². The minimum Gasteiger partial charge on any atom is -0.381 e. The summed E-state index contributed by atoms with van der Waals surface area (Å²) < 4.78 is 19.8. The second kappa shape index (κ2) is 15.6. The largest absolute Gasteiger partial charge is 0.496 e. The highest BCUT2D eigenvalue weighted by Crippen LogP contribution is 2.35. The third-order valence-electron chi connectivity index (χ3n) is 3.37. The molecule has 2 N–H and O–H groups in total. The summed E-state index contributed by atoms with van der Waals surface area (Å²) in [6, 6.07) is 0. The Morgan fingerprint density at radius 1 is 0.783 bits per heavy atom. The first-order chi connectivity index (χ1) is 10.9. The number of phosphoric acid groups is 1. The van der Waals surface area contributed by atoms with E-state index >= 15 is 0 Å². The highest BCUT2D eigenvalue weighted by atomic mass is 31.2. The maximum absolute atomic E-state index is 10.3. The van der Waals surface area contributed by atoms with Crippen LogP contribution in [0.1, 0.15) is 78.1 Å². The van der Waals surface area contributed by atoms with Crippen LogP contribution in [-0.4, -0.2) is 29.6 Å². The van der Waals surface area contributed by atoms with Crippen LogP contribution in [0.5, 0.6) is 0 Å². The quantitative estimate of drug-likeness (QED) is 0.172. The van der Waals surface area contributed by atoms with Crippen LogP contribution < -0.4 is 0 Å². The molecule has 0 unspecified atom stereocenters. The fraction of sp³-hybridized carbons (Fsp3) is 1.00. The van der Waals surface area contributed by atoms with Gasteiger partial charge in [-0.1, -0.05) is 65.2 Å². The van der Waals surface area contributed by atoms with Crippen molar-refractivity contribution in [3.05, 3.63) is 0 Å². The zero-order valence-corrected chi connectivity index (χ0v) is 15.6. The molecule has 0 aliphatic heterocycles. The number of unbranched alkanes of at least 4 members (excludes halogenated alkanes) is 9. The third-order valence-corrected chi connectivity index (χ3v) is 3.67. The van der Waals surface area contributed by atoms with Crippen LogP contribution in [0, 0.1) is 5.92 Å². The van der Waals surface area contributed by atoms with Gasteiger partial charge in [0, 0.05) is 13.2 Å². The van der Waals surface area contributed by atoms with Crippen LogP contribution in [0.4, 0.5) is 0 Å². The lowest BCUT2D eigenvalue weighted by Crippen LogP contribution is -2.02. The number of rotatable bonds is 17. The van der Waals surface area contributed by atoms with Crippen molar-refractivity contribution in [2.45, 2.75) is 78.1 Å². The Morgan fingerprint density at radius 3 is 1.65 bits per heavy atom. The molecule has 0 aromatic carbocycles. The zero-order chi connectivity index (χ0) is 17.4. The molecule has 0 saturated heterocycles. The molecular weight excluding hydrogens is 319 g/mol. The van der Waals surface area contributed by atoms with E-state index in [1.165, 1.54) is 44.9 Å². The summed E-state index contributed by atoms with van der Waals surface area (Å²) in [5.41, 5.74) is 0. The minimum absolute atomic E-state index is 0.226. The highest BCUT2D eigenvalue weighted by Gasteiger charge is 2.14. The predicted molar refractivity (Wildman–Crippen MR) is 90.9 cm³/mol. The number of ether oxygens (including phenoxy) is 1. The fourth-order valence-corrected chi connectivity index (χ4v) is 2.42. The van der Waals surface area contributed by atoms with Gasteiger partial charge in [-0.05, 0) is 18.8 Å². The SMILES string of the molecule is CC(C)COCCCCCCCCCCCCOOP(=O)(O)O. The Bertz CT molecular complexity index is 292. The lowest BCUT2D eigenvalue weighted by atomic mass is 10.1. The second-order valence-corrected chi connectivity index (χ2v) is 7.52. The Morgan fingerprint density at radius 2 is 1.22 bits per heavy atom. The van der Waals surface area contributed by atoms with Gasteiger partial charge in [-0.15, -0.1) is 4.67 Å². The van der Waals surface area contributed by atoms with Crippen molar-refractivity contribution >= 4 is 7.82 Å². The Kier molecular flexibility index (Phi) is 15.6. The molecule has 7 heteroatoms. The van der Waals surface area contributed by atoms with Gasteiger partial charge >= 0.3 is 7.82 Å². The molecule has 0 aromatic heterocycles. The molecule has 0 saturated carbocycles. The van der Waals surface area contributed by atoms with Gasteiger partial charge in [-0.3, -0.25) is 0 Å². The Balaban J connectivity index is 3.04. The Hall–Kier alpha value is 0.0300. The van der Waals surface area contributed by atoms with Crippen molar-refractivity contribution in [3.8, 4) is 0 Å². The van der Waals surface area contributed by atoms with Gasteiger partial charge in [0.15, 0.2) is 0 Å². The lowest BCUT2D eigenvalue weighted by molar-refractivity contribution is -0.222. The van der Waals surface area contributed by atoms with Gasteiger partial charge in [0.2, 0.25) is 0 Å². The van der Waals surface area contributed by atoms with Crippen LogP contribution in [0.15, 0.2) is 0 Å². The normalized spacial score (nSPS) is 12.2. The molecule has 0 aliphatic rings. The van der Waals surface area contributed by atoms with E-state index in [1.807, 2.05) is 0 Å². The zero-order valence-electron chi connectivity index (χ0n) is 14.7. The lowest BCUT2D eigenvalue weighted by Gasteiger charge is -2.06. The molecule has 0 bridgehead atoms. The average Bonchev–Trinajstić information content (AvgIpc) is 2.45. The van der Waals surface area contributed by atoms with Crippen molar-refractivity contribution in [2.75, 3.05) is 19.8 Å². The van der Waals surface area contributed by atoms with Crippen molar-refractivity contribution in [1.29, 1.82) is 0 Å². The van der Waals surface area contributed by atoms with Crippen LogP contribution in [0.25, 0.3) is 0 Å². The van der Waals surface area contributed by atoms with Gasteiger partial charge in [-0.2, -0.15) is 0 Å². The van der Waals surface area contributed by atoms with E-state index in [1.54, 1.807) is 0 Å². The first-order valence-electron chi connectivity index (χ1n) is 8.86. The summed E-state index contributed by atoms with van der Waals surface area (Å²) in [5.74, 6) is 0.625. The van der Waals surface area contributed by atoms with Crippen molar-refractivity contribution in [3.63, 3.8) is 0 Å². The van der Waals surface area contributed by atoms with Gasteiger partial charge in [0.1, 0.15) is 0 Å². The maximum atomic E-state index is 10.3. The molecule has 0 rings (SSSR count). The predicted octanol–water partition coefficient (Wildman–Crippen LogP) is 4.60. The van der Waals surface area contributed by atoms with Gasteiger partial charge in [0.05, 0.1) is 6.61 Å².